The van der Waals surface area contributed by atoms with Crippen LogP contribution in [0.25, 0.3) is 11.3 Å². The quantitative estimate of drug-likeness (QED) is 0.507. The topological polar surface area (TPSA) is 89.5 Å². The molecule has 0 radical (unpaired) electrons. The fourth-order valence-electron chi connectivity index (χ4n) is 5.75. The summed E-state index contributed by atoms with van der Waals surface area (Å²) in [5.41, 5.74) is 6.46. The van der Waals surface area contributed by atoms with Crippen molar-refractivity contribution >= 4 is 5.91 Å². The van der Waals surface area contributed by atoms with Crippen LogP contribution >= 0.6 is 0 Å². The fraction of sp³-hybridized carbons (Fsp3) is 0.438. The van der Waals surface area contributed by atoms with E-state index in [9.17, 15) is 4.79 Å². The molecule has 1 aromatic carbocycles. The second-order valence-corrected chi connectivity index (χ2v) is 10.8. The number of terminal acetylenes is 1. The van der Waals surface area contributed by atoms with Crippen LogP contribution in [0.4, 0.5) is 0 Å². The van der Waals surface area contributed by atoms with Gasteiger partial charge in [0.1, 0.15) is 19.0 Å². The number of hydrogen-bond donors (Lipinski definition) is 1. The van der Waals surface area contributed by atoms with E-state index >= 15 is 0 Å². The van der Waals surface area contributed by atoms with Crippen LogP contribution in [0, 0.1) is 25.2 Å². The molecule has 2 aromatic heterocycles. The standard InChI is InChI=1S/C16H21N3O3.C14H14N2.C2H2/c20-14(19-5-3-16(4-6-19)10-17-11-16)9-12-1-2-13-15(18-12)22-8-7-21-13;1-10-15-8-7-14(16-10)13-6-5-11-3-2-4-12(11)9-13;1-2/h1-2,17H,3-11H2;5-9H,2-4H2,1H3;1-2H. The number of aromatic nitrogens is 3. The summed E-state index contributed by atoms with van der Waals surface area (Å²) < 4.78 is 10.9. The Morgan fingerprint density at radius 2 is 1.77 bits per heavy atom. The average molecular weight is 540 g/mol. The van der Waals surface area contributed by atoms with E-state index in [2.05, 4.69) is 51.3 Å². The molecule has 2 fully saturated rings. The number of nitrogens with one attached hydrogen (secondary N) is 1. The fourth-order valence-corrected chi connectivity index (χ4v) is 5.75. The Labute approximate surface area is 236 Å². The van der Waals surface area contributed by atoms with Crippen molar-refractivity contribution in [2.24, 2.45) is 5.41 Å². The number of benzene rings is 1. The van der Waals surface area contributed by atoms with E-state index in [0.29, 0.717) is 36.7 Å². The normalized spacial score (nSPS) is 17.8. The Balaban J connectivity index is 0.000000159. The van der Waals surface area contributed by atoms with Crippen molar-refractivity contribution in [2.45, 2.75) is 45.4 Å². The molecule has 7 rings (SSSR count). The number of amides is 1. The van der Waals surface area contributed by atoms with Gasteiger partial charge in [0.15, 0.2) is 5.75 Å². The van der Waals surface area contributed by atoms with E-state index in [1.54, 1.807) is 0 Å². The van der Waals surface area contributed by atoms with Crippen molar-refractivity contribution in [3.05, 3.63) is 65.2 Å². The van der Waals surface area contributed by atoms with Crippen molar-refractivity contribution in [2.75, 3.05) is 39.4 Å². The largest absolute Gasteiger partial charge is 0.484 e. The summed E-state index contributed by atoms with van der Waals surface area (Å²) in [5, 5.41) is 3.35. The van der Waals surface area contributed by atoms with Crippen LogP contribution in [0.15, 0.2) is 42.6 Å². The number of carbonyl (C=O) groups excluding carboxylic acids is 1. The van der Waals surface area contributed by atoms with Crippen LogP contribution in [0.2, 0.25) is 0 Å². The Bertz CT molecular complexity index is 1360. The number of likely N-dealkylation sites (tertiary alicyclic amines) is 1. The van der Waals surface area contributed by atoms with Gasteiger partial charge in [0.05, 0.1) is 17.8 Å². The van der Waals surface area contributed by atoms with Gasteiger partial charge in [-0.15, -0.1) is 12.8 Å². The number of pyridine rings is 1. The zero-order valence-corrected chi connectivity index (χ0v) is 23.2. The first kappa shape index (κ1) is 27.6. The van der Waals surface area contributed by atoms with E-state index in [4.69, 9.17) is 9.47 Å². The SMILES string of the molecule is C#C.Cc1nccc(-c2ccc3c(c2)CCC3)n1.O=C(Cc1ccc2c(n1)OCCO2)N1CCC2(CC1)CNC2. The highest BCUT2D eigenvalue weighted by atomic mass is 16.6. The van der Waals surface area contributed by atoms with Crippen molar-refractivity contribution in [1.82, 2.24) is 25.2 Å². The average Bonchev–Trinajstić information content (AvgIpc) is 3.46. The van der Waals surface area contributed by atoms with Gasteiger partial charge < -0.3 is 19.7 Å². The predicted molar refractivity (Wildman–Crippen MR) is 154 cm³/mol. The van der Waals surface area contributed by atoms with Crippen molar-refractivity contribution < 1.29 is 14.3 Å². The summed E-state index contributed by atoms with van der Waals surface area (Å²) in [6, 6.07) is 12.4. The number of piperidine rings is 1. The molecular formula is C32H37N5O3. The van der Waals surface area contributed by atoms with E-state index < -0.39 is 0 Å². The van der Waals surface area contributed by atoms with Gasteiger partial charge in [0.2, 0.25) is 5.91 Å². The number of ether oxygens (including phenoxy) is 2. The molecule has 1 aliphatic carbocycles. The Hall–Kier alpha value is -3.96. The molecule has 5 heterocycles. The second kappa shape index (κ2) is 12.5. The number of rotatable bonds is 3. The van der Waals surface area contributed by atoms with Crippen molar-refractivity contribution in [3.8, 4) is 35.7 Å². The Kier molecular flexibility index (Phi) is 8.61. The molecule has 8 heteroatoms. The Morgan fingerprint density at radius 1 is 1.00 bits per heavy atom. The van der Waals surface area contributed by atoms with Gasteiger partial charge in [-0.1, -0.05) is 12.1 Å². The van der Waals surface area contributed by atoms with Crippen LogP contribution in [-0.4, -0.2) is 65.2 Å². The molecule has 208 valence electrons. The Morgan fingerprint density at radius 3 is 2.52 bits per heavy atom. The number of carbonyl (C=O) groups is 1. The maximum Gasteiger partial charge on any atom is 0.257 e. The van der Waals surface area contributed by atoms with Crippen LogP contribution in [0.1, 0.15) is 41.9 Å². The number of hydrogen-bond acceptors (Lipinski definition) is 7. The highest BCUT2D eigenvalue weighted by Crippen LogP contribution is 2.35. The second-order valence-electron chi connectivity index (χ2n) is 10.8. The molecule has 4 aliphatic rings. The summed E-state index contributed by atoms with van der Waals surface area (Å²) >= 11 is 0. The molecule has 0 atom stereocenters. The van der Waals surface area contributed by atoms with Gasteiger partial charge in [-0.25, -0.2) is 15.0 Å². The summed E-state index contributed by atoms with van der Waals surface area (Å²) in [6.45, 7) is 6.95. The molecule has 40 heavy (non-hydrogen) atoms. The summed E-state index contributed by atoms with van der Waals surface area (Å²) in [5.74, 6) is 2.17. The first-order valence-electron chi connectivity index (χ1n) is 14.1. The van der Waals surface area contributed by atoms with Gasteiger partial charge in [0, 0.05) is 37.9 Å². The van der Waals surface area contributed by atoms with Gasteiger partial charge in [-0.2, -0.15) is 0 Å². The molecule has 3 aromatic rings. The number of nitrogens with zero attached hydrogens (tertiary/aromatic N) is 4. The molecule has 8 nitrogen and oxygen atoms in total. The monoisotopic (exact) mass is 539 g/mol. The zero-order valence-electron chi connectivity index (χ0n) is 23.2. The lowest BCUT2D eigenvalue weighted by Gasteiger charge is -2.48. The third-order valence-electron chi connectivity index (χ3n) is 8.14. The minimum atomic E-state index is 0.159. The highest BCUT2D eigenvalue weighted by molar-refractivity contribution is 5.78. The molecule has 0 bridgehead atoms. The van der Waals surface area contributed by atoms with Gasteiger partial charge in [0.25, 0.3) is 5.88 Å². The van der Waals surface area contributed by atoms with Crippen LogP contribution < -0.4 is 14.8 Å². The molecule has 1 amide bonds. The maximum atomic E-state index is 12.5. The van der Waals surface area contributed by atoms with Crippen molar-refractivity contribution in [3.63, 3.8) is 0 Å². The highest BCUT2D eigenvalue weighted by Gasteiger charge is 2.40. The first-order valence-corrected chi connectivity index (χ1v) is 14.1. The van der Waals surface area contributed by atoms with Gasteiger partial charge in [-0.05, 0) is 79.8 Å². The number of fused-ring (bicyclic) bond motifs is 2. The maximum absolute atomic E-state index is 12.5. The van der Waals surface area contributed by atoms with E-state index in [0.717, 1.165) is 56.2 Å². The lowest BCUT2D eigenvalue weighted by molar-refractivity contribution is -0.133. The van der Waals surface area contributed by atoms with Crippen LogP contribution in [-0.2, 0) is 24.1 Å². The van der Waals surface area contributed by atoms with Crippen molar-refractivity contribution in [1.29, 1.82) is 0 Å². The van der Waals surface area contributed by atoms with E-state index in [1.165, 1.54) is 36.0 Å². The number of aryl methyl sites for hydroxylation is 3. The minimum absolute atomic E-state index is 0.159. The molecule has 1 N–H and O–H groups in total. The molecule has 2 saturated heterocycles. The van der Waals surface area contributed by atoms with E-state index in [-0.39, 0.29) is 5.91 Å². The van der Waals surface area contributed by atoms with Crippen LogP contribution in [0.5, 0.6) is 11.6 Å². The van der Waals surface area contributed by atoms with Gasteiger partial charge >= 0.3 is 0 Å². The van der Waals surface area contributed by atoms with Gasteiger partial charge in [-0.3, -0.25) is 4.79 Å². The van der Waals surface area contributed by atoms with Crippen LogP contribution in [0.3, 0.4) is 0 Å². The lowest BCUT2D eigenvalue weighted by atomic mass is 9.73. The summed E-state index contributed by atoms with van der Waals surface area (Å²) in [6.07, 6.45) is 16.1. The van der Waals surface area contributed by atoms with E-state index in [1.807, 2.05) is 36.2 Å². The first-order chi connectivity index (χ1) is 19.6. The summed E-state index contributed by atoms with van der Waals surface area (Å²) in [4.78, 5) is 27.4. The zero-order chi connectivity index (χ0) is 28.0. The predicted octanol–water partition coefficient (Wildman–Crippen LogP) is 3.80. The molecule has 1 spiro atoms. The third-order valence-corrected chi connectivity index (χ3v) is 8.14. The molecule has 0 unspecified atom stereocenters. The summed E-state index contributed by atoms with van der Waals surface area (Å²) in [7, 11) is 0. The lowest BCUT2D eigenvalue weighted by Crippen LogP contribution is -2.58. The molecular weight excluding hydrogens is 502 g/mol. The molecule has 3 aliphatic heterocycles. The third kappa shape index (κ3) is 6.26. The molecule has 0 saturated carbocycles. The minimum Gasteiger partial charge on any atom is -0.484 e. The smallest absolute Gasteiger partial charge is 0.257 e.